The monoisotopic (exact) mass is 509 g/mol. The van der Waals surface area contributed by atoms with Crippen molar-refractivity contribution in [2.75, 3.05) is 0 Å². The molecule has 0 unspecified atom stereocenters. The molecule has 0 atom stereocenters. The van der Waals surface area contributed by atoms with Gasteiger partial charge in [0.25, 0.3) is 0 Å². The van der Waals surface area contributed by atoms with Crippen molar-refractivity contribution in [2.45, 2.75) is 12.8 Å². The minimum absolute atomic E-state index is 0.0214. The minimum atomic E-state index is -0.401. The number of halogens is 2. The standard InChI is InChI=1S/C19H17Br2N3O2S/c20-15-10-14(11-16(21)12-15)7-8-17(25)22-19(27)24-23-18(26)9-6-13-4-2-1-3-5-13/h1-5,7-8,10-12H,6,9H2,(H,23,26)(H2,22,24,25,27)/b8-7+. The molecule has 2 aromatic rings. The molecule has 8 heteroatoms. The van der Waals surface area contributed by atoms with Gasteiger partial charge in [0, 0.05) is 21.4 Å². The molecule has 0 aliphatic rings. The summed E-state index contributed by atoms with van der Waals surface area (Å²) in [6.07, 6.45) is 3.95. The van der Waals surface area contributed by atoms with Gasteiger partial charge in [-0.15, -0.1) is 0 Å². The van der Waals surface area contributed by atoms with Crippen molar-refractivity contribution >= 4 is 67.1 Å². The van der Waals surface area contributed by atoms with E-state index in [2.05, 4.69) is 48.0 Å². The Bertz CT molecular complexity index is 837. The summed E-state index contributed by atoms with van der Waals surface area (Å²) in [6, 6.07) is 15.3. The molecule has 0 aliphatic heterocycles. The highest BCUT2D eigenvalue weighted by Gasteiger charge is 2.05. The zero-order valence-electron chi connectivity index (χ0n) is 14.2. The third-order valence-corrected chi connectivity index (χ3v) is 4.47. The quantitative estimate of drug-likeness (QED) is 0.324. The van der Waals surface area contributed by atoms with Crippen molar-refractivity contribution in [3.05, 3.63) is 74.7 Å². The number of hydrogen-bond acceptors (Lipinski definition) is 3. The van der Waals surface area contributed by atoms with Crippen molar-refractivity contribution in [3.63, 3.8) is 0 Å². The van der Waals surface area contributed by atoms with Gasteiger partial charge in [-0.2, -0.15) is 0 Å². The number of nitrogens with one attached hydrogen (secondary N) is 3. The van der Waals surface area contributed by atoms with Crippen molar-refractivity contribution in [1.29, 1.82) is 0 Å². The van der Waals surface area contributed by atoms with Gasteiger partial charge in [-0.25, -0.2) is 0 Å². The fourth-order valence-corrected chi connectivity index (χ4v) is 3.60. The first kappa shape index (κ1) is 21.3. The summed E-state index contributed by atoms with van der Waals surface area (Å²) in [4.78, 5) is 23.7. The van der Waals surface area contributed by atoms with Crippen molar-refractivity contribution in [3.8, 4) is 0 Å². The Morgan fingerprint density at radius 3 is 2.33 bits per heavy atom. The number of rotatable bonds is 5. The first-order chi connectivity index (χ1) is 12.9. The van der Waals surface area contributed by atoms with Gasteiger partial charge in [0.15, 0.2) is 5.11 Å². The Hall–Kier alpha value is -2.03. The van der Waals surface area contributed by atoms with Gasteiger partial charge in [0.1, 0.15) is 0 Å². The van der Waals surface area contributed by atoms with E-state index in [0.29, 0.717) is 12.8 Å². The van der Waals surface area contributed by atoms with E-state index in [1.807, 2.05) is 48.5 Å². The van der Waals surface area contributed by atoms with Crippen LogP contribution in [0.5, 0.6) is 0 Å². The highest BCUT2D eigenvalue weighted by atomic mass is 79.9. The predicted octanol–water partition coefficient (Wildman–Crippen LogP) is 3.88. The molecular weight excluding hydrogens is 494 g/mol. The van der Waals surface area contributed by atoms with Crippen LogP contribution in [-0.4, -0.2) is 16.9 Å². The van der Waals surface area contributed by atoms with E-state index in [0.717, 1.165) is 20.1 Å². The summed E-state index contributed by atoms with van der Waals surface area (Å²) < 4.78 is 1.79. The average molecular weight is 511 g/mol. The molecule has 0 heterocycles. The minimum Gasteiger partial charge on any atom is -0.298 e. The topological polar surface area (TPSA) is 70.2 Å². The van der Waals surface area contributed by atoms with Crippen molar-refractivity contribution in [2.24, 2.45) is 0 Å². The third kappa shape index (κ3) is 8.47. The van der Waals surface area contributed by atoms with Crippen molar-refractivity contribution in [1.82, 2.24) is 16.2 Å². The summed E-state index contributed by atoms with van der Waals surface area (Å²) in [7, 11) is 0. The number of aryl methyl sites for hydroxylation is 1. The van der Waals surface area contributed by atoms with Gasteiger partial charge in [-0.05, 0) is 54.0 Å². The van der Waals surface area contributed by atoms with Crippen LogP contribution in [0.25, 0.3) is 6.08 Å². The predicted molar refractivity (Wildman–Crippen MR) is 118 cm³/mol. The molecule has 0 spiro atoms. The average Bonchev–Trinajstić information content (AvgIpc) is 2.63. The normalized spacial score (nSPS) is 10.4. The molecule has 0 aliphatic carbocycles. The first-order valence-electron chi connectivity index (χ1n) is 8.00. The van der Waals surface area contributed by atoms with Gasteiger partial charge in [0.05, 0.1) is 0 Å². The summed E-state index contributed by atoms with van der Waals surface area (Å²) in [5.41, 5.74) is 6.91. The van der Waals surface area contributed by atoms with Gasteiger partial charge < -0.3 is 0 Å². The van der Waals surface area contributed by atoms with Crippen LogP contribution in [0, 0.1) is 0 Å². The third-order valence-electron chi connectivity index (χ3n) is 3.35. The maximum atomic E-state index is 11.9. The van der Waals surface area contributed by atoms with Gasteiger partial charge in [0.2, 0.25) is 11.8 Å². The van der Waals surface area contributed by atoms with Crippen molar-refractivity contribution < 1.29 is 9.59 Å². The molecule has 0 bridgehead atoms. The first-order valence-corrected chi connectivity index (χ1v) is 10.00. The maximum Gasteiger partial charge on any atom is 0.250 e. The second kappa shape index (κ2) is 11.0. The molecule has 0 fully saturated rings. The molecule has 0 saturated heterocycles. The molecule has 140 valence electrons. The van der Waals surface area contributed by atoms with Crippen LogP contribution in [0.1, 0.15) is 17.5 Å². The van der Waals surface area contributed by atoms with Crippen LogP contribution in [0.4, 0.5) is 0 Å². The fraction of sp³-hybridized carbons (Fsp3) is 0.105. The molecule has 3 N–H and O–H groups in total. The van der Waals surface area contributed by atoms with E-state index in [1.54, 1.807) is 6.08 Å². The zero-order chi connectivity index (χ0) is 19.6. The molecule has 2 rings (SSSR count). The Morgan fingerprint density at radius 1 is 1.00 bits per heavy atom. The van der Waals surface area contributed by atoms with E-state index >= 15 is 0 Å². The fourth-order valence-electron chi connectivity index (χ4n) is 2.12. The van der Waals surface area contributed by atoms with Crippen LogP contribution in [0.15, 0.2) is 63.6 Å². The Kier molecular flexibility index (Phi) is 8.63. The molecular formula is C19H17Br2N3O2S. The summed E-state index contributed by atoms with van der Waals surface area (Å²) in [5, 5.41) is 2.49. The lowest BCUT2D eigenvalue weighted by Crippen LogP contribution is -2.48. The van der Waals surface area contributed by atoms with Crippen LogP contribution in [0.3, 0.4) is 0 Å². The van der Waals surface area contributed by atoms with E-state index in [1.165, 1.54) is 6.08 Å². The number of carbonyl (C=O) groups excluding carboxylic acids is 2. The smallest absolute Gasteiger partial charge is 0.250 e. The molecule has 0 radical (unpaired) electrons. The lowest BCUT2D eigenvalue weighted by molar-refractivity contribution is -0.121. The number of thiocarbonyl (C=S) groups is 1. The molecule has 27 heavy (non-hydrogen) atoms. The Balaban J connectivity index is 1.72. The second-order valence-corrected chi connectivity index (χ2v) is 7.75. The molecule has 0 saturated carbocycles. The van der Waals surface area contributed by atoms with Gasteiger partial charge in [-0.3, -0.25) is 25.8 Å². The lowest BCUT2D eigenvalue weighted by Gasteiger charge is -2.09. The summed E-state index contributed by atoms with van der Waals surface area (Å²) >= 11 is 11.8. The molecule has 2 aromatic carbocycles. The summed E-state index contributed by atoms with van der Waals surface area (Å²) in [6.45, 7) is 0. The number of hydrogen-bond donors (Lipinski definition) is 3. The maximum absolute atomic E-state index is 11.9. The van der Waals surface area contributed by atoms with E-state index < -0.39 is 5.91 Å². The van der Waals surface area contributed by atoms with E-state index in [4.69, 9.17) is 12.2 Å². The van der Waals surface area contributed by atoms with Gasteiger partial charge >= 0.3 is 0 Å². The number of benzene rings is 2. The Labute approximate surface area is 179 Å². The summed E-state index contributed by atoms with van der Waals surface area (Å²) in [5.74, 6) is -0.618. The number of amides is 2. The number of carbonyl (C=O) groups is 2. The highest BCUT2D eigenvalue weighted by Crippen LogP contribution is 2.20. The largest absolute Gasteiger partial charge is 0.298 e. The number of hydrazine groups is 1. The molecule has 5 nitrogen and oxygen atoms in total. The van der Waals surface area contributed by atoms with E-state index in [9.17, 15) is 9.59 Å². The lowest BCUT2D eigenvalue weighted by atomic mass is 10.1. The zero-order valence-corrected chi connectivity index (χ0v) is 18.2. The molecule has 2 amide bonds. The van der Waals surface area contributed by atoms with Crippen LogP contribution in [-0.2, 0) is 16.0 Å². The molecule has 0 aromatic heterocycles. The van der Waals surface area contributed by atoms with Crippen LogP contribution < -0.4 is 16.2 Å². The Morgan fingerprint density at radius 2 is 1.67 bits per heavy atom. The van der Waals surface area contributed by atoms with Gasteiger partial charge in [-0.1, -0.05) is 62.2 Å². The van der Waals surface area contributed by atoms with E-state index in [-0.39, 0.29) is 11.0 Å². The van der Waals surface area contributed by atoms with Crippen LogP contribution >= 0.6 is 44.1 Å². The van der Waals surface area contributed by atoms with Crippen LogP contribution in [0.2, 0.25) is 0 Å². The second-order valence-electron chi connectivity index (χ2n) is 5.51. The SMILES string of the molecule is O=C(/C=C/c1cc(Br)cc(Br)c1)NC(=S)NNC(=O)CCc1ccccc1. The highest BCUT2D eigenvalue weighted by molar-refractivity contribution is 9.11.